The Balaban J connectivity index is 2.30. The Bertz CT molecular complexity index is 282. The lowest BCUT2D eigenvalue weighted by molar-refractivity contribution is 0.507. The van der Waals surface area contributed by atoms with Gasteiger partial charge in [0.15, 0.2) is 0 Å². The van der Waals surface area contributed by atoms with Crippen molar-refractivity contribution < 1.29 is 0 Å². The van der Waals surface area contributed by atoms with E-state index in [0.29, 0.717) is 6.04 Å². The third-order valence-electron chi connectivity index (χ3n) is 2.84. The molecule has 2 heteroatoms. The fraction of sp³-hybridized carbons (Fsp3) is 0.500. The largest absolute Gasteiger partial charge is 0.313 e. The first-order valence-corrected chi connectivity index (χ1v) is 6.06. The van der Waals surface area contributed by atoms with Crippen molar-refractivity contribution in [3.63, 3.8) is 0 Å². The monoisotopic (exact) mass is 218 g/mol. The third-order valence-corrected chi connectivity index (χ3v) is 2.84. The van der Waals surface area contributed by atoms with Crippen molar-refractivity contribution in [3.8, 4) is 0 Å². The SMILES string of the molecule is C=CCCCCCC(NC)c1cccnc1. The summed E-state index contributed by atoms with van der Waals surface area (Å²) >= 11 is 0. The zero-order valence-electron chi connectivity index (χ0n) is 10.2. The van der Waals surface area contributed by atoms with Gasteiger partial charge in [-0.05, 0) is 37.9 Å². The molecule has 1 aromatic rings. The first-order chi connectivity index (χ1) is 7.88. The van der Waals surface area contributed by atoms with Crippen LogP contribution in [-0.2, 0) is 0 Å². The molecule has 0 saturated heterocycles. The van der Waals surface area contributed by atoms with Crippen molar-refractivity contribution in [1.29, 1.82) is 0 Å². The maximum atomic E-state index is 4.16. The molecular weight excluding hydrogens is 196 g/mol. The summed E-state index contributed by atoms with van der Waals surface area (Å²) in [7, 11) is 2.02. The molecule has 16 heavy (non-hydrogen) atoms. The lowest BCUT2D eigenvalue weighted by Gasteiger charge is -2.15. The number of unbranched alkanes of at least 4 members (excludes halogenated alkanes) is 3. The molecule has 1 aromatic heterocycles. The zero-order valence-corrected chi connectivity index (χ0v) is 10.2. The fourth-order valence-corrected chi connectivity index (χ4v) is 1.87. The molecule has 0 aliphatic carbocycles. The first kappa shape index (κ1) is 12.9. The van der Waals surface area contributed by atoms with E-state index in [0.717, 1.165) is 6.42 Å². The molecule has 0 saturated carbocycles. The molecule has 0 aliphatic rings. The summed E-state index contributed by atoms with van der Waals surface area (Å²) in [5, 5.41) is 3.35. The lowest BCUT2D eigenvalue weighted by Crippen LogP contribution is -2.16. The van der Waals surface area contributed by atoms with Crippen LogP contribution in [0, 0.1) is 0 Å². The standard InChI is InChI=1S/C14H22N2/c1-3-4-5-6-7-10-14(15-2)13-9-8-11-16-12-13/h3,8-9,11-12,14-15H,1,4-7,10H2,2H3. The number of hydrogen-bond acceptors (Lipinski definition) is 2. The van der Waals surface area contributed by atoms with Crippen LogP contribution in [-0.4, -0.2) is 12.0 Å². The van der Waals surface area contributed by atoms with Crippen molar-refractivity contribution >= 4 is 0 Å². The number of allylic oxidation sites excluding steroid dienone is 1. The van der Waals surface area contributed by atoms with E-state index >= 15 is 0 Å². The Kier molecular flexibility index (Phi) is 6.50. The van der Waals surface area contributed by atoms with Gasteiger partial charge >= 0.3 is 0 Å². The highest BCUT2D eigenvalue weighted by molar-refractivity contribution is 5.13. The normalized spacial score (nSPS) is 12.3. The van der Waals surface area contributed by atoms with Crippen LogP contribution in [0.4, 0.5) is 0 Å². The quantitative estimate of drug-likeness (QED) is 0.534. The molecule has 0 aromatic carbocycles. The Morgan fingerprint density at radius 3 is 2.94 bits per heavy atom. The summed E-state index contributed by atoms with van der Waals surface area (Å²) in [6, 6.07) is 4.58. The van der Waals surface area contributed by atoms with Crippen molar-refractivity contribution in [1.82, 2.24) is 10.3 Å². The predicted octanol–water partition coefficient (Wildman–Crippen LogP) is 3.48. The molecule has 1 atom stereocenters. The van der Waals surface area contributed by atoms with Crippen molar-refractivity contribution in [3.05, 3.63) is 42.7 Å². The van der Waals surface area contributed by atoms with Crippen molar-refractivity contribution in [2.24, 2.45) is 0 Å². The average molecular weight is 218 g/mol. The molecule has 1 rings (SSSR count). The van der Waals surface area contributed by atoms with Crippen LogP contribution in [0.3, 0.4) is 0 Å². The molecule has 0 fully saturated rings. The van der Waals surface area contributed by atoms with E-state index in [1.165, 1.54) is 31.2 Å². The molecule has 1 heterocycles. The number of nitrogens with one attached hydrogen (secondary N) is 1. The van der Waals surface area contributed by atoms with Gasteiger partial charge in [0.1, 0.15) is 0 Å². The van der Waals surface area contributed by atoms with Gasteiger partial charge in [-0.2, -0.15) is 0 Å². The number of rotatable bonds is 8. The summed E-state index contributed by atoms with van der Waals surface area (Å²) in [5.41, 5.74) is 1.29. The van der Waals surface area contributed by atoms with Gasteiger partial charge in [-0.15, -0.1) is 6.58 Å². The van der Waals surface area contributed by atoms with Crippen LogP contribution < -0.4 is 5.32 Å². The topological polar surface area (TPSA) is 24.9 Å². The van der Waals surface area contributed by atoms with Gasteiger partial charge in [-0.3, -0.25) is 4.98 Å². The van der Waals surface area contributed by atoms with E-state index in [9.17, 15) is 0 Å². The molecule has 88 valence electrons. The number of hydrogen-bond donors (Lipinski definition) is 1. The summed E-state index contributed by atoms with van der Waals surface area (Å²) in [5.74, 6) is 0. The Morgan fingerprint density at radius 2 is 2.31 bits per heavy atom. The maximum absolute atomic E-state index is 4.16. The van der Waals surface area contributed by atoms with Crippen LogP contribution in [0.25, 0.3) is 0 Å². The van der Waals surface area contributed by atoms with Gasteiger partial charge in [-0.25, -0.2) is 0 Å². The molecule has 1 N–H and O–H groups in total. The highest BCUT2D eigenvalue weighted by Crippen LogP contribution is 2.18. The van der Waals surface area contributed by atoms with Crippen molar-refractivity contribution in [2.45, 2.75) is 38.1 Å². The summed E-state index contributed by atoms with van der Waals surface area (Å²) in [4.78, 5) is 4.16. The lowest BCUT2D eigenvalue weighted by atomic mass is 10.0. The second kappa shape index (κ2) is 8.05. The molecular formula is C14H22N2. The second-order valence-electron chi connectivity index (χ2n) is 4.05. The van der Waals surface area contributed by atoms with E-state index in [2.05, 4.69) is 22.9 Å². The summed E-state index contributed by atoms with van der Waals surface area (Å²) in [6.07, 6.45) is 11.9. The third kappa shape index (κ3) is 4.58. The van der Waals surface area contributed by atoms with Crippen LogP contribution in [0.15, 0.2) is 37.2 Å². The second-order valence-corrected chi connectivity index (χ2v) is 4.05. The van der Waals surface area contributed by atoms with Gasteiger partial charge in [0, 0.05) is 18.4 Å². The van der Waals surface area contributed by atoms with Gasteiger partial charge in [-0.1, -0.05) is 25.0 Å². The zero-order chi connectivity index (χ0) is 11.6. The smallest absolute Gasteiger partial charge is 0.0332 e. The van der Waals surface area contributed by atoms with E-state index < -0.39 is 0 Å². The first-order valence-electron chi connectivity index (χ1n) is 6.06. The van der Waals surface area contributed by atoms with E-state index in [1.807, 2.05) is 31.6 Å². The van der Waals surface area contributed by atoms with Crippen molar-refractivity contribution in [2.75, 3.05) is 7.05 Å². The van der Waals surface area contributed by atoms with E-state index in [1.54, 1.807) is 0 Å². The van der Waals surface area contributed by atoms with Crippen LogP contribution in [0.2, 0.25) is 0 Å². The van der Waals surface area contributed by atoms with Gasteiger partial charge in [0.25, 0.3) is 0 Å². The molecule has 0 aliphatic heterocycles. The molecule has 2 nitrogen and oxygen atoms in total. The maximum Gasteiger partial charge on any atom is 0.0332 e. The summed E-state index contributed by atoms with van der Waals surface area (Å²) < 4.78 is 0. The molecule has 0 amide bonds. The minimum absolute atomic E-state index is 0.442. The van der Waals surface area contributed by atoms with Crippen LogP contribution >= 0.6 is 0 Å². The van der Waals surface area contributed by atoms with E-state index in [-0.39, 0.29) is 0 Å². The highest BCUT2D eigenvalue weighted by atomic mass is 14.9. The molecule has 0 radical (unpaired) electrons. The Labute approximate surface area is 98.8 Å². The highest BCUT2D eigenvalue weighted by Gasteiger charge is 2.07. The minimum atomic E-state index is 0.442. The minimum Gasteiger partial charge on any atom is -0.313 e. The molecule has 0 spiro atoms. The molecule has 0 bridgehead atoms. The average Bonchev–Trinajstić information content (AvgIpc) is 2.35. The number of pyridine rings is 1. The van der Waals surface area contributed by atoms with Gasteiger partial charge in [0.05, 0.1) is 0 Å². The van der Waals surface area contributed by atoms with Crippen LogP contribution in [0.1, 0.15) is 43.7 Å². The van der Waals surface area contributed by atoms with Gasteiger partial charge < -0.3 is 5.32 Å². The number of nitrogens with zero attached hydrogens (tertiary/aromatic N) is 1. The molecule has 1 unspecified atom stereocenters. The van der Waals surface area contributed by atoms with Gasteiger partial charge in [0.2, 0.25) is 0 Å². The van der Waals surface area contributed by atoms with E-state index in [4.69, 9.17) is 0 Å². The van der Waals surface area contributed by atoms with Crippen LogP contribution in [0.5, 0.6) is 0 Å². The Hall–Kier alpha value is -1.15. The fourth-order valence-electron chi connectivity index (χ4n) is 1.87. The summed E-state index contributed by atoms with van der Waals surface area (Å²) in [6.45, 7) is 3.74. The predicted molar refractivity (Wildman–Crippen MR) is 69.3 cm³/mol. The Morgan fingerprint density at radius 1 is 1.44 bits per heavy atom. The number of aromatic nitrogens is 1.